The van der Waals surface area contributed by atoms with Crippen molar-refractivity contribution in [3.63, 3.8) is 0 Å². The number of Topliss-reactive ketones (excluding diaryl/α,β-unsaturated/α-hetero) is 1. The van der Waals surface area contributed by atoms with Gasteiger partial charge in [0.05, 0.1) is 16.2 Å². The Hall–Kier alpha value is -3.07. The van der Waals surface area contributed by atoms with Crippen molar-refractivity contribution in [2.24, 2.45) is 0 Å². The van der Waals surface area contributed by atoms with E-state index in [1.165, 1.54) is 48.7 Å². The molecule has 0 N–H and O–H groups in total. The predicted molar refractivity (Wildman–Crippen MR) is 106 cm³/mol. The van der Waals surface area contributed by atoms with Crippen LogP contribution >= 0.6 is 0 Å². The van der Waals surface area contributed by atoms with Gasteiger partial charge in [-0.15, -0.1) is 0 Å². The fourth-order valence-corrected chi connectivity index (χ4v) is 3.80. The summed E-state index contributed by atoms with van der Waals surface area (Å²) in [5, 5.41) is 0. The van der Waals surface area contributed by atoms with E-state index in [2.05, 4.69) is 4.98 Å². The molecule has 0 radical (unpaired) electrons. The van der Waals surface area contributed by atoms with Crippen LogP contribution in [0.25, 0.3) is 0 Å². The molecule has 1 heterocycles. The second-order valence-corrected chi connectivity index (χ2v) is 8.99. The van der Waals surface area contributed by atoms with Crippen LogP contribution in [0, 0.1) is 5.82 Å². The summed E-state index contributed by atoms with van der Waals surface area (Å²) < 4.78 is 76.7. The van der Waals surface area contributed by atoms with E-state index in [9.17, 15) is 30.8 Å². The summed E-state index contributed by atoms with van der Waals surface area (Å²) in [7, 11) is -3.55. The highest BCUT2D eigenvalue weighted by Gasteiger charge is 2.31. The van der Waals surface area contributed by atoms with Crippen LogP contribution in [0.1, 0.15) is 39.5 Å². The first-order valence-corrected chi connectivity index (χ1v) is 11.0. The zero-order valence-electron chi connectivity index (χ0n) is 16.2. The molecule has 31 heavy (non-hydrogen) atoms. The summed E-state index contributed by atoms with van der Waals surface area (Å²) in [4.78, 5) is 16.8. The Morgan fingerprint density at radius 3 is 2.29 bits per heavy atom. The van der Waals surface area contributed by atoms with Crippen molar-refractivity contribution in [3.8, 4) is 0 Å². The molecule has 9 heteroatoms. The van der Waals surface area contributed by atoms with E-state index in [0.29, 0.717) is 0 Å². The molecule has 0 bridgehead atoms. The van der Waals surface area contributed by atoms with E-state index in [4.69, 9.17) is 0 Å². The number of carbonyl (C=O) groups excluding carboxylic acids is 1. The summed E-state index contributed by atoms with van der Waals surface area (Å²) in [6.07, 6.45) is -2.52. The van der Waals surface area contributed by atoms with Crippen molar-refractivity contribution in [3.05, 3.63) is 95.1 Å². The standard InChI is InChI=1S/C22H17F4NO3S/c1-31(29,30)17-5-2-4-15(12-17)20(28)13-18(21-19(23)6-3-11-27-21)14-7-9-16(10-8-14)22(24,25)26/h2-12,18H,13H2,1H3/t18-/m0/s1. The van der Waals surface area contributed by atoms with Gasteiger partial charge in [-0.25, -0.2) is 12.8 Å². The molecule has 0 unspecified atom stereocenters. The van der Waals surface area contributed by atoms with Crippen LogP contribution < -0.4 is 0 Å². The van der Waals surface area contributed by atoms with E-state index in [1.54, 1.807) is 0 Å². The Morgan fingerprint density at radius 2 is 1.71 bits per heavy atom. The third kappa shape index (κ3) is 5.35. The molecule has 0 aliphatic rings. The average molecular weight is 451 g/mol. The molecule has 0 saturated carbocycles. The van der Waals surface area contributed by atoms with Crippen LogP contribution in [0.2, 0.25) is 0 Å². The summed E-state index contributed by atoms with van der Waals surface area (Å²) in [5.74, 6) is -2.16. The third-order valence-corrected chi connectivity index (χ3v) is 5.84. The lowest BCUT2D eigenvalue weighted by molar-refractivity contribution is -0.137. The molecule has 3 aromatic rings. The Labute approximate surface area is 176 Å². The molecule has 0 saturated heterocycles. The van der Waals surface area contributed by atoms with Gasteiger partial charge in [0.25, 0.3) is 0 Å². The van der Waals surface area contributed by atoms with E-state index in [1.807, 2.05) is 0 Å². The number of hydrogen-bond acceptors (Lipinski definition) is 4. The Balaban J connectivity index is 2.00. The molecule has 1 aromatic heterocycles. The number of aromatic nitrogens is 1. The number of alkyl halides is 3. The molecule has 0 fully saturated rings. The van der Waals surface area contributed by atoms with Gasteiger partial charge in [-0.3, -0.25) is 9.78 Å². The minimum absolute atomic E-state index is 0.0477. The normalized spacial score (nSPS) is 13.1. The Morgan fingerprint density at radius 1 is 1.03 bits per heavy atom. The predicted octanol–water partition coefficient (Wildman–Crippen LogP) is 5.05. The van der Waals surface area contributed by atoms with E-state index < -0.39 is 39.1 Å². The van der Waals surface area contributed by atoms with Gasteiger partial charge in [-0.1, -0.05) is 24.3 Å². The fraction of sp³-hybridized carbons (Fsp3) is 0.182. The van der Waals surface area contributed by atoms with E-state index in [0.717, 1.165) is 24.5 Å². The van der Waals surface area contributed by atoms with E-state index in [-0.39, 0.29) is 28.1 Å². The maximum Gasteiger partial charge on any atom is 0.416 e. The summed E-state index contributed by atoms with van der Waals surface area (Å²) in [6, 6.07) is 12.0. The van der Waals surface area contributed by atoms with Crippen LogP contribution in [0.15, 0.2) is 71.8 Å². The molecule has 0 aliphatic heterocycles. The second kappa shape index (κ2) is 8.58. The van der Waals surface area contributed by atoms with Crippen molar-refractivity contribution >= 4 is 15.6 Å². The fourth-order valence-electron chi connectivity index (χ4n) is 3.13. The van der Waals surface area contributed by atoms with Crippen molar-refractivity contribution < 1.29 is 30.8 Å². The Kier molecular flexibility index (Phi) is 6.26. The largest absolute Gasteiger partial charge is 0.416 e. The van der Waals surface area contributed by atoms with Gasteiger partial charge in [0, 0.05) is 30.4 Å². The van der Waals surface area contributed by atoms with Crippen molar-refractivity contribution in [2.45, 2.75) is 23.4 Å². The van der Waals surface area contributed by atoms with Gasteiger partial charge in [0.2, 0.25) is 0 Å². The molecule has 2 aromatic carbocycles. The van der Waals surface area contributed by atoms with Crippen LogP contribution in [-0.4, -0.2) is 25.4 Å². The molecule has 0 amide bonds. The van der Waals surface area contributed by atoms with Crippen molar-refractivity contribution in [2.75, 3.05) is 6.26 Å². The number of benzene rings is 2. The van der Waals surface area contributed by atoms with Gasteiger partial charge in [-0.2, -0.15) is 13.2 Å². The third-order valence-electron chi connectivity index (χ3n) is 4.73. The highest BCUT2D eigenvalue weighted by atomic mass is 32.2. The monoisotopic (exact) mass is 451 g/mol. The average Bonchev–Trinajstić information content (AvgIpc) is 2.71. The molecule has 0 spiro atoms. The summed E-state index contributed by atoms with van der Waals surface area (Å²) >= 11 is 0. The minimum Gasteiger partial charge on any atom is -0.294 e. The molecule has 4 nitrogen and oxygen atoms in total. The molecule has 1 atom stereocenters. The maximum absolute atomic E-state index is 14.4. The van der Waals surface area contributed by atoms with Crippen molar-refractivity contribution in [1.29, 1.82) is 0 Å². The number of halogens is 4. The van der Waals surface area contributed by atoms with Crippen LogP contribution in [0.4, 0.5) is 17.6 Å². The molecule has 162 valence electrons. The quantitative estimate of drug-likeness (QED) is 0.389. The topological polar surface area (TPSA) is 64.1 Å². The highest BCUT2D eigenvalue weighted by molar-refractivity contribution is 7.90. The first kappa shape index (κ1) is 22.6. The number of pyridine rings is 1. The zero-order chi connectivity index (χ0) is 22.8. The van der Waals surface area contributed by atoms with Gasteiger partial charge in [0.1, 0.15) is 5.82 Å². The zero-order valence-corrected chi connectivity index (χ0v) is 17.0. The van der Waals surface area contributed by atoms with Gasteiger partial charge in [-0.05, 0) is 42.0 Å². The number of ketones is 1. The molecule has 0 aliphatic carbocycles. The van der Waals surface area contributed by atoms with Gasteiger partial charge < -0.3 is 0 Å². The number of rotatable bonds is 6. The van der Waals surface area contributed by atoms with E-state index >= 15 is 0 Å². The lowest BCUT2D eigenvalue weighted by atomic mass is 9.88. The number of carbonyl (C=O) groups is 1. The van der Waals surface area contributed by atoms with Crippen molar-refractivity contribution in [1.82, 2.24) is 4.98 Å². The highest BCUT2D eigenvalue weighted by Crippen LogP contribution is 2.34. The number of hydrogen-bond donors (Lipinski definition) is 0. The van der Waals surface area contributed by atoms with Crippen LogP contribution in [-0.2, 0) is 16.0 Å². The van der Waals surface area contributed by atoms with Gasteiger partial charge >= 0.3 is 6.18 Å². The second-order valence-electron chi connectivity index (χ2n) is 6.97. The Bertz CT molecular complexity index is 1210. The first-order chi connectivity index (χ1) is 14.5. The van der Waals surface area contributed by atoms with Crippen LogP contribution in [0.5, 0.6) is 0 Å². The number of nitrogens with zero attached hydrogens (tertiary/aromatic N) is 1. The van der Waals surface area contributed by atoms with Crippen LogP contribution in [0.3, 0.4) is 0 Å². The molecular weight excluding hydrogens is 434 g/mol. The first-order valence-electron chi connectivity index (χ1n) is 9.07. The minimum atomic E-state index is -4.54. The lowest BCUT2D eigenvalue weighted by Gasteiger charge is -2.18. The van der Waals surface area contributed by atoms with Gasteiger partial charge in [0.15, 0.2) is 15.6 Å². The lowest BCUT2D eigenvalue weighted by Crippen LogP contribution is -2.13. The summed E-state index contributed by atoms with van der Waals surface area (Å²) in [5.41, 5.74) is -0.590. The summed E-state index contributed by atoms with van der Waals surface area (Å²) in [6.45, 7) is 0. The SMILES string of the molecule is CS(=O)(=O)c1cccc(C(=O)C[C@@H](c2ccc(C(F)(F)F)cc2)c2ncccc2F)c1. The number of sulfone groups is 1. The maximum atomic E-state index is 14.4. The molecular formula is C22H17F4NO3S. The molecule has 3 rings (SSSR count). The smallest absolute Gasteiger partial charge is 0.294 e.